The van der Waals surface area contributed by atoms with E-state index in [0.29, 0.717) is 26.9 Å². The second-order valence-corrected chi connectivity index (χ2v) is 8.10. The molecule has 0 aliphatic carbocycles. The van der Waals surface area contributed by atoms with Gasteiger partial charge in [0, 0.05) is 12.4 Å². The zero-order valence-corrected chi connectivity index (χ0v) is 18.2. The lowest BCUT2D eigenvalue weighted by atomic mass is 10.2. The molecule has 3 aromatic rings. The van der Waals surface area contributed by atoms with Crippen molar-refractivity contribution in [2.75, 3.05) is 5.32 Å². The zero-order valence-electron chi connectivity index (χ0n) is 13.5. The maximum atomic E-state index is 12.2. The molecule has 1 N–H and O–H groups in total. The first kappa shape index (κ1) is 19.4. The minimum absolute atomic E-state index is 0.0958. The molecule has 136 valence electrons. The fraction of sp³-hybridized carbons (Fsp3) is 0.188. The van der Waals surface area contributed by atoms with Crippen LogP contribution in [0.15, 0.2) is 39.5 Å². The Morgan fingerprint density at radius 3 is 2.50 bits per heavy atom. The van der Waals surface area contributed by atoms with E-state index < -0.39 is 0 Å². The van der Waals surface area contributed by atoms with Crippen LogP contribution in [0.1, 0.15) is 11.3 Å². The molecule has 1 amide bonds. The van der Waals surface area contributed by atoms with Gasteiger partial charge in [-0.05, 0) is 56.5 Å². The number of hydrogen-bond acceptors (Lipinski definition) is 3. The summed E-state index contributed by atoms with van der Waals surface area (Å²) >= 11 is 18.7. The Morgan fingerprint density at radius 2 is 1.85 bits per heavy atom. The Morgan fingerprint density at radius 1 is 1.12 bits per heavy atom. The topological polar surface area (TPSA) is 64.7 Å². The molecule has 0 aliphatic heterocycles. The number of nitrogens with zero attached hydrogens (tertiary/aromatic N) is 4. The number of nitrogens with one attached hydrogen (secondary N) is 1. The Kier molecular flexibility index (Phi) is 6.06. The number of benzene rings is 1. The Bertz CT molecular complexity index is 950. The number of hydrogen-bond donors (Lipinski definition) is 1. The first-order valence-corrected chi connectivity index (χ1v) is 9.82. The SMILES string of the molecule is Cc1nn(CC(=O)Nc2nn(Cc3ccc(Cl)c(Cl)c3)cc2Br)cc1Br. The molecule has 0 fully saturated rings. The average Bonchev–Trinajstić information content (AvgIpc) is 3.05. The Balaban J connectivity index is 1.67. The highest BCUT2D eigenvalue weighted by atomic mass is 79.9. The second kappa shape index (κ2) is 8.12. The van der Waals surface area contributed by atoms with Gasteiger partial charge in [0.15, 0.2) is 5.82 Å². The number of amides is 1. The van der Waals surface area contributed by atoms with Crippen LogP contribution < -0.4 is 5.32 Å². The first-order valence-electron chi connectivity index (χ1n) is 7.48. The van der Waals surface area contributed by atoms with Gasteiger partial charge in [0.1, 0.15) is 6.54 Å². The second-order valence-electron chi connectivity index (χ2n) is 5.58. The smallest absolute Gasteiger partial charge is 0.247 e. The van der Waals surface area contributed by atoms with E-state index in [0.717, 1.165) is 15.7 Å². The molecule has 2 heterocycles. The summed E-state index contributed by atoms with van der Waals surface area (Å²) in [6, 6.07) is 5.40. The molecule has 0 atom stereocenters. The first-order chi connectivity index (χ1) is 12.3. The fourth-order valence-electron chi connectivity index (χ4n) is 2.28. The molecule has 0 saturated carbocycles. The van der Waals surface area contributed by atoms with Crippen molar-refractivity contribution in [1.82, 2.24) is 19.6 Å². The minimum Gasteiger partial charge on any atom is -0.307 e. The molecule has 0 saturated heterocycles. The van der Waals surface area contributed by atoms with Gasteiger partial charge < -0.3 is 5.32 Å². The van der Waals surface area contributed by atoms with Gasteiger partial charge in [-0.3, -0.25) is 14.2 Å². The Hall–Kier alpha value is -1.35. The van der Waals surface area contributed by atoms with Crippen LogP contribution in [0.2, 0.25) is 10.0 Å². The quantitative estimate of drug-likeness (QED) is 0.519. The van der Waals surface area contributed by atoms with Gasteiger partial charge >= 0.3 is 0 Å². The van der Waals surface area contributed by atoms with Gasteiger partial charge in [-0.25, -0.2) is 0 Å². The van der Waals surface area contributed by atoms with Crippen LogP contribution in [0.4, 0.5) is 5.82 Å². The third-order valence-corrected chi connectivity index (χ3v) is 5.59. The molecule has 6 nitrogen and oxygen atoms in total. The van der Waals surface area contributed by atoms with Crippen molar-refractivity contribution in [2.24, 2.45) is 0 Å². The van der Waals surface area contributed by atoms with E-state index in [1.165, 1.54) is 0 Å². The lowest BCUT2D eigenvalue weighted by molar-refractivity contribution is -0.116. The van der Waals surface area contributed by atoms with Crippen LogP contribution in [0.25, 0.3) is 0 Å². The molecule has 3 rings (SSSR count). The fourth-order valence-corrected chi connectivity index (χ4v) is 3.33. The number of anilines is 1. The number of carbonyl (C=O) groups excluding carboxylic acids is 1. The van der Waals surface area contributed by atoms with Crippen molar-refractivity contribution in [2.45, 2.75) is 20.0 Å². The van der Waals surface area contributed by atoms with Gasteiger partial charge in [-0.15, -0.1) is 0 Å². The van der Waals surface area contributed by atoms with Crippen LogP contribution in [0, 0.1) is 6.92 Å². The predicted molar refractivity (Wildman–Crippen MR) is 109 cm³/mol. The molecule has 10 heteroatoms. The summed E-state index contributed by atoms with van der Waals surface area (Å²) in [5, 5.41) is 12.4. The van der Waals surface area contributed by atoms with Crippen molar-refractivity contribution >= 4 is 66.8 Å². The van der Waals surface area contributed by atoms with E-state index in [1.54, 1.807) is 33.9 Å². The number of carbonyl (C=O) groups is 1. The summed E-state index contributed by atoms with van der Waals surface area (Å²) < 4.78 is 4.81. The lowest BCUT2D eigenvalue weighted by Gasteiger charge is -2.04. The minimum atomic E-state index is -0.222. The highest BCUT2D eigenvalue weighted by Crippen LogP contribution is 2.24. The molecule has 0 unspecified atom stereocenters. The van der Waals surface area contributed by atoms with Crippen molar-refractivity contribution < 1.29 is 4.79 Å². The predicted octanol–water partition coefficient (Wildman–Crippen LogP) is 4.91. The zero-order chi connectivity index (χ0) is 18.8. The summed E-state index contributed by atoms with van der Waals surface area (Å²) in [6.07, 6.45) is 3.54. The molecule has 1 aromatic carbocycles. The van der Waals surface area contributed by atoms with Crippen molar-refractivity contribution in [3.63, 3.8) is 0 Å². The summed E-state index contributed by atoms with van der Waals surface area (Å²) in [4.78, 5) is 12.2. The number of aryl methyl sites for hydroxylation is 1. The van der Waals surface area contributed by atoms with E-state index in [-0.39, 0.29) is 12.5 Å². The Labute approximate surface area is 176 Å². The van der Waals surface area contributed by atoms with Crippen LogP contribution >= 0.6 is 55.1 Å². The van der Waals surface area contributed by atoms with Gasteiger partial charge in [-0.2, -0.15) is 10.2 Å². The van der Waals surface area contributed by atoms with Crippen molar-refractivity contribution in [3.05, 3.63) is 60.8 Å². The molecule has 0 radical (unpaired) electrons. The van der Waals surface area contributed by atoms with E-state index in [4.69, 9.17) is 23.2 Å². The molecule has 0 aliphatic rings. The van der Waals surface area contributed by atoms with Crippen molar-refractivity contribution in [1.29, 1.82) is 0 Å². The normalized spacial score (nSPS) is 11.0. The molecule has 2 aromatic heterocycles. The summed E-state index contributed by atoms with van der Waals surface area (Å²) in [5.41, 5.74) is 1.77. The largest absolute Gasteiger partial charge is 0.307 e. The van der Waals surface area contributed by atoms with Gasteiger partial charge in [0.25, 0.3) is 0 Å². The molecular formula is C16H13Br2Cl2N5O. The summed E-state index contributed by atoms with van der Waals surface area (Å²) in [6.45, 7) is 2.45. The summed E-state index contributed by atoms with van der Waals surface area (Å²) in [7, 11) is 0. The molecule has 0 spiro atoms. The van der Waals surface area contributed by atoms with Crippen LogP contribution in [0.5, 0.6) is 0 Å². The number of aromatic nitrogens is 4. The average molecular weight is 522 g/mol. The van der Waals surface area contributed by atoms with E-state index in [1.807, 2.05) is 13.0 Å². The lowest BCUT2D eigenvalue weighted by Crippen LogP contribution is -2.19. The third-order valence-electron chi connectivity index (χ3n) is 3.50. The number of rotatable bonds is 5. The summed E-state index contributed by atoms with van der Waals surface area (Å²) in [5.74, 6) is 0.221. The van der Waals surface area contributed by atoms with Crippen LogP contribution in [0.3, 0.4) is 0 Å². The van der Waals surface area contributed by atoms with Crippen molar-refractivity contribution in [3.8, 4) is 0 Å². The highest BCUT2D eigenvalue weighted by Gasteiger charge is 2.12. The molecule has 0 bridgehead atoms. The number of halogens is 4. The molecule has 26 heavy (non-hydrogen) atoms. The maximum Gasteiger partial charge on any atom is 0.247 e. The van der Waals surface area contributed by atoms with Gasteiger partial charge in [0.2, 0.25) is 5.91 Å². The van der Waals surface area contributed by atoms with Gasteiger partial charge in [-0.1, -0.05) is 29.3 Å². The highest BCUT2D eigenvalue weighted by molar-refractivity contribution is 9.10. The standard InChI is InChI=1S/C16H13Br2Cl2N5O/c1-9-11(17)6-25(22-9)8-15(26)21-16-12(18)7-24(23-16)5-10-2-3-13(19)14(20)4-10/h2-4,6-7H,5,8H2,1H3,(H,21,23,26). The molecular weight excluding hydrogens is 509 g/mol. The van der Waals surface area contributed by atoms with Gasteiger partial charge in [0.05, 0.1) is 31.2 Å². The van der Waals surface area contributed by atoms with Crippen LogP contribution in [-0.2, 0) is 17.9 Å². The maximum absolute atomic E-state index is 12.2. The third kappa shape index (κ3) is 4.68. The van der Waals surface area contributed by atoms with E-state index in [2.05, 4.69) is 47.4 Å². The monoisotopic (exact) mass is 519 g/mol. The van der Waals surface area contributed by atoms with E-state index in [9.17, 15) is 4.79 Å². The van der Waals surface area contributed by atoms with Crippen LogP contribution in [-0.4, -0.2) is 25.5 Å². The van der Waals surface area contributed by atoms with E-state index >= 15 is 0 Å².